The third-order valence-electron chi connectivity index (χ3n) is 2.96. The van der Waals surface area contributed by atoms with E-state index in [1.54, 1.807) is 27.9 Å². The van der Waals surface area contributed by atoms with E-state index in [4.69, 9.17) is 9.47 Å². The van der Waals surface area contributed by atoms with Gasteiger partial charge in [0.15, 0.2) is 0 Å². The van der Waals surface area contributed by atoms with Crippen LogP contribution in [0.5, 0.6) is 5.75 Å². The van der Waals surface area contributed by atoms with Crippen molar-refractivity contribution in [1.82, 2.24) is 4.90 Å². The number of rotatable bonds is 2. The molecule has 0 bridgehead atoms. The van der Waals surface area contributed by atoms with E-state index < -0.39 is 11.7 Å². The number of hydrogen-bond acceptors (Lipinski definition) is 4. The summed E-state index contributed by atoms with van der Waals surface area (Å²) in [6.45, 7) is 5.48. The molecule has 0 aliphatic carbocycles. The smallest absolute Gasteiger partial charge is 0.417 e. The van der Waals surface area contributed by atoms with Crippen LogP contribution in [0.3, 0.4) is 0 Å². The van der Waals surface area contributed by atoms with Crippen LogP contribution in [0.15, 0.2) is 30.3 Å². The molecule has 0 saturated heterocycles. The molecule has 0 aromatic heterocycles. The SMILES string of the molecule is COc1ccccc1C1=CC(=O)N(C(=O)OC(C)(C)C)C1. The van der Waals surface area contributed by atoms with E-state index >= 15 is 0 Å². The summed E-state index contributed by atoms with van der Waals surface area (Å²) in [7, 11) is 1.57. The molecule has 1 aromatic carbocycles. The van der Waals surface area contributed by atoms with Gasteiger partial charge in [0.05, 0.1) is 13.7 Å². The van der Waals surface area contributed by atoms with E-state index in [0.717, 1.165) is 16.0 Å². The second-order valence-electron chi connectivity index (χ2n) is 5.77. The standard InChI is InChI=1S/C16H19NO4/c1-16(2,3)21-15(19)17-10-11(9-14(17)18)12-7-5-6-8-13(12)20-4/h5-9H,10H2,1-4H3. The molecular formula is C16H19NO4. The fourth-order valence-corrected chi connectivity index (χ4v) is 2.07. The van der Waals surface area contributed by atoms with Gasteiger partial charge in [0.1, 0.15) is 11.4 Å². The van der Waals surface area contributed by atoms with Gasteiger partial charge >= 0.3 is 6.09 Å². The summed E-state index contributed by atoms with van der Waals surface area (Å²) in [5.41, 5.74) is 0.910. The molecule has 5 heteroatoms. The van der Waals surface area contributed by atoms with E-state index in [1.807, 2.05) is 24.3 Å². The molecule has 1 aliphatic rings. The molecule has 0 atom stereocenters. The minimum absolute atomic E-state index is 0.189. The molecule has 112 valence electrons. The average molecular weight is 289 g/mol. The highest BCUT2D eigenvalue weighted by molar-refractivity contribution is 6.08. The molecule has 5 nitrogen and oxygen atoms in total. The maximum atomic E-state index is 12.0. The Kier molecular flexibility index (Phi) is 4.02. The summed E-state index contributed by atoms with van der Waals surface area (Å²) in [4.78, 5) is 25.1. The zero-order valence-electron chi connectivity index (χ0n) is 12.7. The molecular weight excluding hydrogens is 270 g/mol. The van der Waals surface area contributed by atoms with Gasteiger partial charge in [-0.2, -0.15) is 0 Å². The molecule has 0 N–H and O–H groups in total. The van der Waals surface area contributed by atoms with Crippen LogP contribution in [0.2, 0.25) is 0 Å². The second kappa shape index (κ2) is 5.60. The third kappa shape index (κ3) is 3.42. The topological polar surface area (TPSA) is 55.8 Å². The lowest BCUT2D eigenvalue weighted by Gasteiger charge is -2.23. The largest absolute Gasteiger partial charge is 0.496 e. The highest BCUT2D eigenvalue weighted by atomic mass is 16.6. The van der Waals surface area contributed by atoms with Crippen LogP contribution in [0, 0.1) is 0 Å². The first-order valence-corrected chi connectivity index (χ1v) is 6.70. The fraction of sp³-hybridized carbons (Fsp3) is 0.375. The van der Waals surface area contributed by atoms with Crippen LogP contribution in [0.4, 0.5) is 4.79 Å². The van der Waals surface area contributed by atoms with Crippen molar-refractivity contribution >= 4 is 17.6 Å². The number of carbonyl (C=O) groups is 2. The van der Waals surface area contributed by atoms with Crippen LogP contribution in [-0.4, -0.2) is 36.2 Å². The molecule has 0 radical (unpaired) electrons. The summed E-state index contributed by atoms with van der Waals surface area (Å²) in [6.07, 6.45) is 0.815. The second-order valence-corrected chi connectivity index (χ2v) is 5.77. The maximum absolute atomic E-state index is 12.0. The number of carbonyl (C=O) groups excluding carboxylic acids is 2. The average Bonchev–Trinajstić information content (AvgIpc) is 2.79. The first-order chi connectivity index (χ1) is 9.81. The van der Waals surface area contributed by atoms with E-state index in [2.05, 4.69) is 0 Å². The number of imide groups is 1. The molecule has 1 aliphatic heterocycles. The first kappa shape index (κ1) is 15.1. The summed E-state index contributed by atoms with van der Waals surface area (Å²) in [5.74, 6) is 0.299. The van der Waals surface area contributed by atoms with Crippen molar-refractivity contribution in [3.8, 4) is 5.75 Å². The first-order valence-electron chi connectivity index (χ1n) is 6.70. The van der Waals surface area contributed by atoms with Gasteiger partial charge in [-0.3, -0.25) is 4.79 Å². The highest BCUT2D eigenvalue weighted by Gasteiger charge is 2.32. The zero-order chi connectivity index (χ0) is 15.6. The maximum Gasteiger partial charge on any atom is 0.417 e. The van der Waals surface area contributed by atoms with Gasteiger partial charge < -0.3 is 9.47 Å². The van der Waals surface area contributed by atoms with Gasteiger partial charge in [0.25, 0.3) is 5.91 Å². The minimum Gasteiger partial charge on any atom is -0.496 e. The zero-order valence-corrected chi connectivity index (χ0v) is 12.7. The monoisotopic (exact) mass is 289 g/mol. The van der Waals surface area contributed by atoms with Gasteiger partial charge in [-0.05, 0) is 32.4 Å². The molecule has 1 heterocycles. The lowest BCUT2D eigenvalue weighted by Crippen LogP contribution is -2.38. The number of benzene rings is 1. The Morgan fingerprint density at radius 1 is 1.24 bits per heavy atom. The van der Waals surface area contributed by atoms with Gasteiger partial charge in [-0.25, -0.2) is 9.69 Å². The summed E-state index contributed by atoms with van der Waals surface area (Å²) < 4.78 is 10.5. The van der Waals surface area contributed by atoms with Crippen molar-refractivity contribution in [2.45, 2.75) is 26.4 Å². The number of hydrogen-bond donors (Lipinski definition) is 0. The molecule has 21 heavy (non-hydrogen) atoms. The number of nitrogens with zero attached hydrogens (tertiary/aromatic N) is 1. The van der Waals surface area contributed by atoms with Crippen LogP contribution >= 0.6 is 0 Å². The summed E-state index contributed by atoms with van der Waals surface area (Å²) in [5, 5.41) is 0. The molecule has 0 saturated carbocycles. The third-order valence-corrected chi connectivity index (χ3v) is 2.96. The molecule has 0 unspecified atom stereocenters. The quantitative estimate of drug-likeness (QED) is 0.840. The lowest BCUT2D eigenvalue weighted by molar-refractivity contribution is -0.123. The van der Waals surface area contributed by atoms with Crippen LogP contribution in [0.25, 0.3) is 5.57 Å². The Hall–Kier alpha value is -2.30. The van der Waals surface area contributed by atoms with E-state index in [-0.39, 0.29) is 12.5 Å². The normalized spacial score (nSPS) is 15.0. The van der Waals surface area contributed by atoms with Crippen molar-refractivity contribution in [3.05, 3.63) is 35.9 Å². The van der Waals surface area contributed by atoms with E-state index in [0.29, 0.717) is 5.75 Å². The highest BCUT2D eigenvalue weighted by Crippen LogP contribution is 2.30. The van der Waals surface area contributed by atoms with Crippen LogP contribution in [0.1, 0.15) is 26.3 Å². The predicted molar refractivity (Wildman–Crippen MR) is 78.9 cm³/mol. The molecule has 2 amide bonds. The Morgan fingerprint density at radius 2 is 1.90 bits per heavy atom. The van der Waals surface area contributed by atoms with Crippen LogP contribution in [-0.2, 0) is 9.53 Å². The Balaban J connectivity index is 2.19. The van der Waals surface area contributed by atoms with Gasteiger partial charge in [0, 0.05) is 11.6 Å². The van der Waals surface area contributed by atoms with Crippen molar-refractivity contribution in [2.75, 3.05) is 13.7 Å². The minimum atomic E-state index is -0.634. The Morgan fingerprint density at radius 3 is 2.52 bits per heavy atom. The fourth-order valence-electron chi connectivity index (χ4n) is 2.07. The Bertz CT molecular complexity index is 599. The number of ether oxygens (including phenoxy) is 2. The lowest BCUT2D eigenvalue weighted by atomic mass is 10.1. The van der Waals surface area contributed by atoms with E-state index in [9.17, 15) is 9.59 Å². The number of methoxy groups -OCH3 is 1. The molecule has 1 aromatic rings. The molecule has 0 fully saturated rings. The van der Waals surface area contributed by atoms with Crippen molar-refractivity contribution in [2.24, 2.45) is 0 Å². The van der Waals surface area contributed by atoms with Gasteiger partial charge in [0.2, 0.25) is 0 Å². The number of para-hydroxylation sites is 1. The van der Waals surface area contributed by atoms with Crippen molar-refractivity contribution < 1.29 is 19.1 Å². The molecule has 2 rings (SSSR count). The predicted octanol–water partition coefficient (Wildman–Crippen LogP) is 2.86. The summed E-state index contributed by atoms with van der Waals surface area (Å²) in [6, 6.07) is 7.39. The van der Waals surface area contributed by atoms with Crippen molar-refractivity contribution in [3.63, 3.8) is 0 Å². The Labute approximate surface area is 124 Å². The number of amides is 2. The summed E-state index contributed by atoms with van der Waals surface area (Å²) >= 11 is 0. The van der Waals surface area contributed by atoms with Crippen molar-refractivity contribution in [1.29, 1.82) is 0 Å². The van der Waals surface area contributed by atoms with Crippen LogP contribution < -0.4 is 4.74 Å². The van der Waals surface area contributed by atoms with Gasteiger partial charge in [-0.1, -0.05) is 18.2 Å². The van der Waals surface area contributed by atoms with E-state index in [1.165, 1.54) is 6.08 Å². The molecule has 0 spiro atoms. The van der Waals surface area contributed by atoms with Gasteiger partial charge in [-0.15, -0.1) is 0 Å².